The van der Waals surface area contributed by atoms with E-state index in [1.165, 1.54) is 12.3 Å². The van der Waals surface area contributed by atoms with Gasteiger partial charge in [-0.2, -0.15) is 13.2 Å². The van der Waals surface area contributed by atoms with Crippen molar-refractivity contribution in [3.8, 4) is 0 Å². The summed E-state index contributed by atoms with van der Waals surface area (Å²) in [4.78, 5) is 15.7. The number of aromatic amines is 1. The van der Waals surface area contributed by atoms with Crippen LogP contribution >= 0.6 is 0 Å². The van der Waals surface area contributed by atoms with E-state index in [1.54, 1.807) is 17.0 Å². The summed E-state index contributed by atoms with van der Waals surface area (Å²) in [6.45, 7) is 1.08. The fourth-order valence-corrected chi connectivity index (χ4v) is 4.30. The molecule has 1 saturated heterocycles. The highest BCUT2D eigenvalue weighted by Crippen LogP contribution is 2.35. The van der Waals surface area contributed by atoms with Crippen LogP contribution in [0.15, 0.2) is 60.8 Å². The third-order valence-corrected chi connectivity index (χ3v) is 6.04. The van der Waals surface area contributed by atoms with E-state index in [0.29, 0.717) is 37.7 Å². The van der Waals surface area contributed by atoms with Gasteiger partial charge in [-0.3, -0.25) is 0 Å². The molecule has 180 valence electrons. The van der Waals surface area contributed by atoms with E-state index in [1.807, 2.05) is 47.4 Å². The number of rotatable bonds is 5. The van der Waals surface area contributed by atoms with Crippen LogP contribution < -0.4 is 9.80 Å². The Balaban J connectivity index is 1.39. The maximum atomic E-state index is 13.5. The summed E-state index contributed by atoms with van der Waals surface area (Å²) in [5.41, 5.74) is 3.06. The van der Waals surface area contributed by atoms with Crippen LogP contribution in [0.1, 0.15) is 22.3 Å². The number of piperazine rings is 1. The number of hydrogen-bond donors (Lipinski definition) is 1. The first-order valence-electron chi connectivity index (χ1n) is 11.3. The molecule has 0 aliphatic carbocycles. The molecular formula is C26H23F4N5. The van der Waals surface area contributed by atoms with Crippen molar-refractivity contribution in [1.82, 2.24) is 15.0 Å². The highest BCUT2D eigenvalue weighted by Gasteiger charge is 2.36. The molecule has 4 aromatic rings. The average Bonchev–Trinajstić information content (AvgIpc) is 3.32. The Bertz CT molecular complexity index is 1340. The van der Waals surface area contributed by atoms with Gasteiger partial charge >= 0.3 is 6.18 Å². The number of imidazole rings is 1. The van der Waals surface area contributed by atoms with Crippen LogP contribution in [0.2, 0.25) is 0 Å². The number of halogens is 4. The van der Waals surface area contributed by atoms with Crippen molar-refractivity contribution >= 4 is 35.0 Å². The van der Waals surface area contributed by atoms with Crippen LogP contribution in [0.25, 0.3) is 23.2 Å². The Morgan fingerprint density at radius 2 is 1.66 bits per heavy atom. The molecule has 35 heavy (non-hydrogen) atoms. The molecule has 0 radical (unpaired) electrons. The molecule has 0 saturated carbocycles. The van der Waals surface area contributed by atoms with Crippen LogP contribution in [0, 0.1) is 0 Å². The van der Waals surface area contributed by atoms with Crippen molar-refractivity contribution in [2.75, 3.05) is 36.0 Å². The number of pyridine rings is 1. The quantitative estimate of drug-likeness (QED) is 0.283. The molecular weight excluding hydrogens is 458 g/mol. The zero-order valence-electron chi connectivity index (χ0n) is 18.8. The average molecular weight is 481 g/mol. The lowest BCUT2D eigenvalue weighted by Crippen LogP contribution is -2.47. The SMILES string of the molecule is FCc1cc(/C=C/c2ccccc2)c2nc(N3CCN(c4ncccc4C(F)(F)F)CC3)[nH]c2c1. The van der Waals surface area contributed by atoms with E-state index < -0.39 is 18.4 Å². The molecule has 0 unspecified atom stereocenters. The van der Waals surface area contributed by atoms with Gasteiger partial charge in [-0.25, -0.2) is 14.4 Å². The molecule has 1 aliphatic heterocycles. The fraction of sp³-hybridized carbons (Fsp3) is 0.231. The summed E-state index contributed by atoms with van der Waals surface area (Å²) in [7, 11) is 0. The fourth-order valence-electron chi connectivity index (χ4n) is 4.30. The number of fused-ring (bicyclic) bond motifs is 1. The molecule has 2 aromatic carbocycles. The predicted molar refractivity (Wildman–Crippen MR) is 130 cm³/mol. The van der Waals surface area contributed by atoms with E-state index >= 15 is 0 Å². The smallest absolute Gasteiger partial charge is 0.353 e. The van der Waals surface area contributed by atoms with Crippen molar-refractivity contribution in [1.29, 1.82) is 0 Å². The van der Waals surface area contributed by atoms with Gasteiger partial charge in [-0.05, 0) is 35.4 Å². The first-order valence-corrected chi connectivity index (χ1v) is 11.3. The molecule has 0 atom stereocenters. The lowest BCUT2D eigenvalue weighted by Gasteiger charge is -2.36. The van der Waals surface area contributed by atoms with Crippen LogP contribution in [0.4, 0.5) is 29.3 Å². The molecule has 5 rings (SSSR count). The Labute approximate surface area is 199 Å². The largest absolute Gasteiger partial charge is 0.419 e. The van der Waals surface area contributed by atoms with E-state index in [2.05, 4.69) is 9.97 Å². The molecule has 5 nitrogen and oxygen atoms in total. The van der Waals surface area contributed by atoms with E-state index in [9.17, 15) is 17.6 Å². The third kappa shape index (κ3) is 4.84. The number of anilines is 2. The topological polar surface area (TPSA) is 48.1 Å². The Morgan fingerprint density at radius 3 is 2.37 bits per heavy atom. The standard InChI is InChI=1S/C26H23F4N5/c27-17-19-15-20(9-8-18-5-2-1-3-6-18)23-22(16-19)32-25(33-23)35-13-11-34(12-14-35)24-21(26(28,29)30)7-4-10-31-24/h1-10,15-16H,11-14,17H2,(H,32,33)/b9-8+. The minimum atomic E-state index is -4.46. The number of aromatic nitrogens is 3. The monoisotopic (exact) mass is 481 g/mol. The summed E-state index contributed by atoms with van der Waals surface area (Å²) in [6, 6.07) is 15.7. The Hall–Kier alpha value is -3.88. The van der Waals surface area contributed by atoms with Gasteiger partial charge in [-0.1, -0.05) is 42.5 Å². The maximum Gasteiger partial charge on any atom is 0.419 e. The molecule has 1 aliphatic rings. The van der Waals surface area contributed by atoms with Gasteiger partial charge in [0.2, 0.25) is 5.95 Å². The Morgan fingerprint density at radius 1 is 0.914 bits per heavy atom. The van der Waals surface area contributed by atoms with Gasteiger partial charge in [0.05, 0.1) is 16.6 Å². The number of alkyl halides is 4. The molecule has 2 aromatic heterocycles. The maximum absolute atomic E-state index is 13.5. The minimum absolute atomic E-state index is 0.0508. The highest BCUT2D eigenvalue weighted by molar-refractivity contribution is 5.90. The van der Waals surface area contributed by atoms with Gasteiger partial charge in [0.1, 0.15) is 12.5 Å². The number of nitrogens with one attached hydrogen (secondary N) is 1. The van der Waals surface area contributed by atoms with Gasteiger partial charge in [0, 0.05) is 37.9 Å². The van der Waals surface area contributed by atoms with Crippen molar-refractivity contribution in [2.24, 2.45) is 0 Å². The van der Waals surface area contributed by atoms with E-state index in [4.69, 9.17) is 4.98 Å². The molecule has 3 heterocycles. The molecule has 9 heteroatoms. The Kier molecular flexibility index (Phi) is 6.15. The molecule has 0 bridgehead atoms. The third-order valence-electron chi connectivity index (χ3n) is 6.04. The second kappa shape index (κ2) is 9.40. The first-order chi connectivity index (χ1) is 16.9. The second-order valence-corrected chi connectivity index (χ2v) is 8.37. The van der Waals surface area contributed by atoms with Crippen molar-refractivity contribution < 1.29 is 17.6 Å². The lowest BCUT2D eigenvalue weighted by atomic mass is 10.1. The molecule has 1 fully saturated rings. The van der Waals surface area contributed by atoms with Crippen LogP contribution in [-0.2, 0) is 12.9 Å². The number of nitrogens with zero attached hydrogens (tertiary/aromatic N) is 4. The van der Waals surface area contributed by atoms with Crippen LogP contribution in [0.5, 0.6) is 0 Å². The van der Waals surface area contributed by atoms with Crippen LogP contribution in [0.3, 0.4) is 0 Å². The zero-order chi connectivity index (χ0) is 24.4. The van der Waals surface area contributed by atoms with Crippen molar-refractivity contribution in [2.45, 2.75) is 12.9 Å². The van der Waals surface area contributed by atoms with E-state index in [-0.39, 0.29) is 5.82 Å². The number of benzene rings is 2. The highest BCUT2D eigenvalue weighted by atomic mass is 19.4. The summed E-state index contributed by atoms with van der Waals surface area (Å²) >= 11 is 0. The normalized spacial score (nSPS) is 14.9. The van der Waals surface area contributed by atoms with Gasteiger partial charge in [-0.15, -0.1) is 0 Å². The molecule has 0 spiro atoms. The zero-order valence-corrected chi connectivity index (χ0v) is 18.8. The summed E-state index contributed by atoms with van der Waals surface area (Å²) in [6.07, 6.45) is 0.786. The van der Waals surface area contributed by atoms with Gasteiger partial charge < -0.3 is 14.8 Å². The summed E-state index contributed by atoms with van der Waals surface area (Å²) in [5, 5.41) is 0. The second-order valence-electron chi connectivity index (χ2n) is 8.37. The minimum Gasteiger partial charge on any atom is -0.353 e. The summed E-state index contributed by atoms with van der Waals surface area (Å²) < 4.78 is 53.7. The number of hydrogen-bond acceptors (Lipinski definition) is 4. The summed E-state index contributed by atoms with van der Waals surface area (Å²) in [5.74, 6) is 0.562. The van der Waals surface area contributed by atoms with Crippen molar-refractivity contribution in [3.05, 3.63) is 83.0 Å². The first kappa shape index (κ1) is 22.9. The number of H-pyrrole nitrogens is 1. The molecule has 1 N–H and O–H groups in total. The van der Waals surface area contributed by atoms with Crippen molar-refractivity contribution in [3.63, 3.8) is 0 Å². The molecule has 0 amide bonds. The lowest BCUT2D eigenvalue weighted by molar-refractivity contribution is -0.137. The van der Waals surface area contributed by atoms with Gasteiger partial charge in [0.25, 0.3) is 0 Å². The van der Waals surface area contributed by atoms with Crippen LogP contribution in [-0.4, -0.2) is 41.1 Å². The predicted octanol–water partition coefficient (Wildman–Crippen LogP) is 5.94. The van der Waals surface area contributed by atoms with Gasteiger partial charge in [0.15, 0.2) is 0 Å². The van der Waals surface area contributed by atoms with E-state index in [0.717, 1.165) is 28.2 Å².